The molecule has 0 N–H and O–H groups in total. The van der Waals surface area contributed by atoms with Crippen molar-refractivity contribution in [1.29, 1.82) is 0 Å². The quantitative estimate of drug-likeness (QED) is 0.663. The predicted molar refractivity (Wildman–Crippen MR) is 75.1 cm³/mol. The average molecular weight is 247 g/mol. The molecule has 0 fully saturated rings. The molecule has 0 aliphatic carbocycles. The van der Waals surface area contributed by atoms with Gasteiger partial charge >= 0.3 is 0 Å². The number of fused-ring (bicyclic) bond motifs is 1. The highest BCUT2D eigenvalue weighted by Gasteiger charge is 2.40. The molecule has 0 spiro atoms. The van der Waals surface area contributed by atoms with Crippen LogP contribution in [0.1, 0.15) is 64.5 Å². The Kier molecular flexibility index (Phi) is 4.62. The summed E-state index contributed by atoms with van der Waals surface area (Å²) in [6.45, 7) is 5.35. The molecule has 0 radical (unpaired) electrons. The lowest BCUT2D eigenvalue weighted by atomic mass is 9.77. The molecular formula is C16H25NO. The minimum absolute atomic E-state index is 0.194. The van der Waals surface area contributed by atoms with E-state index >= 15 is 0 Å². The van der Waals surface area contributed by atoms with Gasteiger partial charge in [-0.15, -0.1) is 0 Å². The van der Waals surface area contributed by atoms with Crippen LogP contribution in [0, 0.1) is 0 Å². The molecule has 1 unspecified atom stereocenters. The van der Waals surface area contributed by atoms with Crippen LogP contribution in [-0.4, -0.2) is 11.6 Å². The maximum Gasteiger partial charge on any atom is 0.141 e. The van der Waals surface area contributed by atoms with E-state index in [4.69, 9.17) is 4.74 Å². The molecule has 0 aromatic carbocycles. The van der Waals surface area contributed by atoms with Crippen molar-refractivity contribution in [3.05, 3.63) is 24.0 Å². The maximum atomic E-state index is 5.86. The Balaban J connectivity index is 2.08. The highest BCUT2D eigenvalue weighted by Crippen LogP contribution is 2.43. The first-order valence-corrected chi connectivity index (χ1v) is 7.40. The van der Waals surface area contributed by atoms with Crippen LogP contribution in [0.2, 0.25) is 0 Å². The van der Waals surface area contributed by atoms with Gasteiger partial charge in [-0.3, -0.25) is 4.98 Å². The summed E-state index contributed by atoms with van der Waals surface area (Å²) in [6, 6.07) is 4.03. The van der Waals surface area contributed by atoms with Crippen LogP contribution in [0.4, 0.5) is 0 Å². The number of ether oxygens (including phenoxy) is 1. The first kappa shape index (κ1) is 13.4. The third kappa shape index (κ3) is 2.68. The monoisotopic (exact) mass is 247 g/mol. The molecule has 0 bridgehead atoms. The summed E-state index contributed by atoms with van der Waals surface area (Å²) >= 11 is 0. The zero-order chi connectivity index (χ0) is 12.8. The Morgan fingerprint density at radius 2 is 2.06 bits per heavy atom. The molecule has 100 valence electrons. The summed E-state index contributed by atoms with van der Waals surface area (Å²) in [5, 5.41) is 0. The van der Waals surface area contributed by atoms with Gasteiger partial charge in [0.1, 0.15) is 5.75 Å². The summed E-state index contributed by atoms with van der Waals surface area (Å²) < 4.78 is 5.86. The van der Waals surface area contributed by atoms with Gasteiger partial charge in [0.25, 0.3) is 0 Å². The van der Waals surface area contributed by atoms with Crippen molar-refractivity contribution in [2.75, 3.05) is 6.61 Å². The summed E-state index contributed by atoms with van der Waals surface area (Å²) in [6.07, 6.45) is 10.8. The Bertz CT molecular complexity index is 373. The SMILES string of the molecule is CCCCCCC1(CCC)COc2cccnc21. The van der Waals surface area contributed by atoms with Gasteiger partial charge in [-0.05, 0) is 25.0 Å². The predicted octanol–water partition coefficient (Wildman–Crippen LogP) is 4.48. The maximum absolute atomic E-state index is 5.86. The fourth-order valence-corrected chi connectivity index (χ4v) is 3.06. The van der Waals surface area contributed by atoms with Crippen molar-refractivity contribution in [3.63, 3.8) is 0 Å². The number of aromatic nitrogens is 1. The van der Waals surface area contributed by atoms with Crippen molar-refractivity contribution < 1.29 is 4.74 Å². The second kappa shape index (κ2) is 6.21. The molecule has 1 aromatic rings. The molecule has 1 aliphatic heterocycles. The largest absolute Gasteiger partial charge is 0.491 e. The lowest BCUT2D eigenvalue weighted by Crippen LogP contribution is -2.28. The second-order valence-electron chi connectivity index (χ2n) is 5.48. The molecule has 0 saturated heterocycles. The van der Waals surface area contributed by atoms with Crippen molar-refractivity contribution in [1.82, 2.24) is 4.98 Å². The summed E-state index contributed by atoms with van der Waals surface area (Å²) in [7, 11) is 0. The molecule has 1 atom stereocenters. The highest BCUT2D eigenvalue weighted by atomic mass is 16.5. The smallest absolute Gasteiger partial charge is 0.141 e. The molecule has 1 aromatic heterocycles. The number of hydrogen-bond acceptors (Lipinski definition) is 2. The standard InChI is InChI=1S/C16H25NO/c1-3-5-6-7-11-16(10-4-2)13-18-14-9-8-12-17-15(14)16/h8-9,12H,3-7,10-11,13H2,1-2H3. The van der Waals surface area contributed by atoms with E-state index in [9.17, 15) is 0 Å². The molecule has 2 heteroatoms. The van der Waals surface area contributed by atoms with E-state index in [0.717, 1.165) is 12.4 Å². The molecule has 2 rings (SSSR count). The lowest BCUT2D eigenvalue weighted by molar-refractivity contribution is 0.233. The van der Waals surface area contributed by atoms with Crippen LogP contribution in [0.5, 0.6) is 5.75 Å². The van der Waals surface area contributed by atoms with Crippen molar-refractivity contribution in [2.24, 2.45) is 0 Å². The topological polar surface area (TPSA) is 22.1 Å². The summed E-state index contributed by atoms with van der Waals surface area (Å²) in [5.41, 5.74) is 1.40. The minimum atomic E-state index is 0.194. The van der Waals surface area contributed by atoms with E-state index in [1.807, 2.05) is 12.3 Å². The van der Waals surface area contributed by atoms with E-state index in [1.165, 1.54) is 50.6 Å². The zero-order valence-electron chi connectivity index (χ0n) is 11.7. The Morgan fingerprint density at radius 1 is 1.17 bits per heavy atom. The average Bonchev–Trinajstić information content (AvgIpc) is 2.75. The first-order chi connectivity index (χ1) is 8.82. The van der Waals surface area contributed by atoms with E-state index in [1.54, 1.807) is 0 Å². The van der Waals surface area contributed by atoms with Crippen LogP contribution in [-0.2, 0) is 5.41 Å². The Hall–Kier alpha value is -1.05. The van der Waals surface area contributed by atoms with Gasteiger partial charge < -0.3 is 4.74 Å². The molecule has 1 aliphatic rings. The molecular weight excluding hydrogens is 222 g/mol. The third-order valence-corrected chi connectivity index (χ3v) is 4.01. The number of rotatable bonds is 7. The second-order valence-corrected chi connectivity index (χ2v) is 5.48. The molecule has 2 heterocycles. The van der Waals surface area contributed by atoms with Crippen LogP contribution in [0.3, 0.4) is 0 Å². The molecule has 2 nitrogen and oxygen atoms in total. The van der Waals surface area contributed by atoms with E-state index in [-0.39, 0.29) is 5.41 Å². The van der Waals surface area contributed by atoms with Crippen molar-refractivity contribution in [3.8, 4) is 5.75 Å². The fourth-order valence-electron chi connectivity index (χ4n) is 3.06. The van der Waals surface area contributed by atoms with E-state index in [2.05, 4.69) is 24.9 Å². The first-order valence-electron chi connectivity index (χ1n) is 7.40. The van der Waals surface area contributed by atoms with Gasteiger partial charge in [-0.2, -0.15) is 0 Å². The summed E-state index contributed by atoms with van der Waals surface area (Å²) in [5.74, 6) is 1.02. The normalized spacial score (nSPS) is 21.7. The van der Waals surface area contributed by atoms with Crippen molar-refractivity contribution in [2.45, 2.75) is 64.2 Å². The van der Waals surface area contributed by atoms with Gasteiger partial charge in [0, 0.05) is 6.20 Å². The molecule has 18 heavy (non-hydrogen) atoms. The Morgan fingerprint density at radius 3 is 2.83 bits per heavy atom. The lowest BCUT2D eigenvalue weighted by Gasteiger charge is -2.26. The van der Waals surface area contributed by atoms with Crippen molar-refractivity contribution >= 4 is 0 Å². The van der Waals surface area contributed by atoms with Crippen LogP contribution >= 0.6 is 0 Å². The Labute approximate surface area is 111 Å². The van der Waals surface area contributed by atoms with Gasteiger partial charge in [0.15, 0.2) is 0 Å². The number of hydrogen-bond donors (Lipinski definition) is 0. The zero-order valence-corrected chi connectivity index (χ0v) is 11.7. The molecule has 0 amide bonds. The van der Waals surface area contributed by atoms with Crippen LogP contribution in [0.15, 0.2) is 18.3 Å². The van der Waals surface area contributed by atoms with E-state index < -0.39 is 0 Å². The fraction of sp³-hybridized carbons (Fsp3) is 0.688. The number of nitrogens with zero attached hydrogens (tertiary/aromatic N) is 1. The minimum Gasteiger partial charge on any atom is -0.491 e. The van der Waals surface area contributed by atoms with Gasteiger partial charge in [-0.1, -0.05) is 46.0 Å². The van der Waals surface area contributed by atoms with Crippen LogP contribution in [0.25, 0.3) is 0 Å². The summed E-state index contributed by atoms with van der Waals surface area (Å²) in [4.78, 5) is 4.61. The third-order valence-electron chi connectivity index (χ3n) is 4.01. The van der Waals surface area contributed by atoms with Gasteiger partial charge in [0.2, 0.25) is 0 Å². The van der Waals surface area contributed by atoms with E-state index in [0.29, 0.717) is 0 Å². The number of unbranched alkanes of at least 4 members (excludes halogenated alkanes) is 3. The van der Waals surface area contributed by atoms with Crippen LogP contribution < -0.4 is 4.74 Å². The molecule has 0 saturated carbocycles. The number of pyridine rings is 1. The van der Waals surface area contributed by atoms with Gasteiger partial charge in [0.05, 0.1) is 17.7 Å². The highest BCUT2D eigenvalue weighted by molar-refractivity contribution is 5.38. The van der Waals surface area contributed by atoms with Gasteiger partial charge in [-0.25, -0.2) is 0 Å².